The van der Waals surface area contributed by atoms with Crippen LogP contribution >= 0.6 is 0 Å². The van der Waals surface area contributed by atoms with Gasteiger partial charge in [-0.05, 0) is 92.5 Å². The van der Waals surface area contributed by atoms with Gasteiger partial charge in [0.2, 0.25) is 0 Å². The molecule has 0 aliphatic heterocycles. The predicted molar refractivity (Wildman–Crippen MR) is 124 cm³/mol. The number of halogens is 3. The van der Waals surface area contributed by atoms with Crippen molar-refractivity contribution in [2.24, 2.45) is 23.7 Å². The third kappa shape index (κ3) is 8.57. The van der Waals surface area contributed by atoms with E-state index in [2.05, 4.69) is 29.6 Å². The summed E-state index contributed by atoms with van der Waals surface area (Å²) in [6.07, 6.45) is 16.0. The van der Waals surface area contributed by atoms with E-state index < -0.39 is 6.36 Å². The summed E-state index contributed by atoms with van der Waals surface area (Å²) in [6, 6.07) is 5.68. The molecule has 2 saturated carbocycles. The summed E-state index contributed by atoms with van der Waals surface area (Å²) < 4.78 is 40.5. The van der Waals surface area contributed by atoms with Gasteiger partial charge in [-0.15, -0.1) is 13.2 Å². The molecule has 3 rings (SSSR count). The molecular weight excluding hydrogens is 409 g/mol. The van der Waals surface area contributed by atoms with Gasteiger partial charge in [-0.1, -0.05) is 63.4 Å². The van der Waals surface area contributed by atoms with Crippen LogP contribution in [0.5, 0.6) is 5.75 Å². The Morgan fingerprint density at radius 1 is 0.906 bits per heavy atom. The second-order valence-corrected chi connectivity index (χ2v) is 9.65. The van der Waals surface area contributed by atoms with Gasteiger partial charge in [0.05, 0.1) is 0 Å². The SMILES string of the molecule is CCCCC[C@H]1CC[C@H]([C@H]2CC[C@H](C=CC#Cc3ccc(OC(F)(F)F)cc3)CC2)CC1. The van der Waals surface area contributed by atoms with Gasteiger partial charge in [-0.25, -0.2) is 0 Å². The number of hydrogen-bond acceptors (Lipinski definition) is 1. The van der Waals surface area contributed by atoms with Crippen LogP contribution in [0.1, 0.15) is 89.5 Å². The maximum absolute atomic E-state index is 12.2. The molecule has 2 aliphatic carbocycles. The number of benzene rings is 1. The summed E-state index contributed by atoms with van der Waals surface area (Å²) in [4.78, 5) is 0. The Hall–Kier alpha value is -1.89. The van der Waals surface area contributed by atoms with Crippen LogP contribution in [-0.2, 0) is 0 Å². The molecule has 0 atom stereocenters. The molecule has 1 aromatic rings. The zero-order valence-corrected chi connectivity index (χ0v) is 19.3. The van der Waals surface area contributed by atoms with Crippen molar-refractivity contribution in [2.45, 2.75) is 90.3 Å². The fourth-order valence-corrected chi connectivity index (χ4v) is 5.49. The van der Waals surface area contributed by atoms with Crippen LogP contribution in [0, 0.1) is 35.5 Å². The van der Waals surface area contributed by atoms with E-state index in [1.165, 1.54) is 89.2 Å². The maximum atomic E-state index is 12.2. The normalized spacial score (nSPS) is 26.5. The molecular formula is C28H37F3O. The van der Waals surface area contributed by atoms with Gasteiger partial charge < -0.3 is 4.74 Å². The van der Waals surface area contributed by atoms with E-state index in [1.807, 2.05) is 6.08 Å². The van der Waals surface area contributed by atoms with Gasteiger partial charge in [-0.3, -0.25) is 0 Å². The number of allylic oxidation sites excluding steroid dienone is 2. The van der Waals surface area contributed by atoms with Crippen molar-refractivity contribution in [1.82, 2.24) is 0 Å². The molecule has 0 bridgehead atoms. The van der Waals surface area contributed by atoms with Gasteiger partial charge >= 0.3 is 6.36 Å². The van der Waals surface area contributed by atoms with Crippen molar-refractivity contribution in [2.75, 3.05) is 0 Å². The Balaban J connectivity index is 1.36. The van der Waals surface area contributed by atoms with Gasteiger partial charge in [0, 0.05) is 5.56 Å². The number of alkyl halides is 3. The van der Waals surface area contributed by atoms with Crippen molar-refractivity contribution in [3.8, 4) is 17.6 Å². The highest BCUT2D eigenvalue weighted by atomic mass is 19.4. The van der Waals surface area contributed by atoms with E-state index >= 15 is 0 Å². The Kier molecular flexibility index (Phi) is 9.57. The smallest absolute Gasteiger partial charge is 0.406 e. The summed E-state index contributed by atoms with van der Waals surface area (Å²) in [5, 5.41) is 0. The molecule has 2 fully saturated rings. The topological polar surface area (TPSA) is 9.23 Å². The second-order valence-electron chi connectivity index (χ2n) is 9.65. The number of hydrogen-bond donors (Lipinski definition) is 0. The van der Waals surface area contributed by atoms with Crippen LogP contribution in [0.3, 0.4) is 0 Å². The summed E-state index contributed by atoms with van der Waals surface area (Å²) in [5.41, 5.74) is 0.679. The van der Waals surface area contributed by atoms with Gasteiger partial charge in [0.1, 0.15) is 5.75 Å². The van der Waals surface area contributed by atoms with Crippen LogP contribution in [0.2, 0.25) is 0 Å². The molecule has 0 amide bonds. The zero-order chi connectivity index (χ0) is 22.8. The van der Waals surface area contributed by atoms with Crippen LogP contribution in [0.25, 0.3) is 0 Å². The van der Waals surface area contributed by atoms with E-state index in [1.54, 1.807) is 12.1 Å². The molecule has 0 unspecified atom stereocenters. The van der Waals surface area contributed by atoms with Crippen LogP contribution in [-0.4, -0.2) is 6.36 Å². The third-order valence-electron chi connectivity index (χ3n) is 7.35. The Labute approximate surface area is 191 Å². The average Bonchev–Trinajstić information content (AvgIpc) is 2.78. The highest BCUT2D eigenvalue weighted by Crippen LogP contribution is 2.42. The van der Waals surface area contributed by atoms with Gasteiger partial charge in [-0.2, -0.15) is 0 Å². The maximum Gasteiger partial charge on any atom is 0.573 e. The lowest BCUT2D eigenvalue weighted by atomic mass is 9.68. The molecule has 1 nitrogen and oxygen atoms in total. The van der Waals surface area contributed by atoms with E-state index in [0.717, 1.165) is 17.8 Å². The highest BCUT2D eigenvalue weighted by Gasteiger charge is 2.31. The lowest BCUT2D eigenvalue weighted by molar-refractivity contribution is -0.274. The first-order chi connectivity index (χ1) is 15.4. The lowest BCUT2D eigenvalue weighted by Gasteiger charge is -2.37. The molecule has 0 aromatic heterocycles. The van der Waals surface area contributed by atoms with E-state index in [9.17, 15) is 13.2 Å². The number of rotatable bonds is 7. The van der Waals surface area contributed by atoms with Crippen LogP contribution < -0.4 is 4.74 Å². The molecule has 1 aromatic carbocycles. The fraction of sp³-hybridized carbons (Fsp3) is 0.643. The average molecular weight is 447 g/mol. The zero-order valence-electron chi connectivity index (χ0n) is 19.3. The molecule has 176 valence electrons. The second kappa shape index (κ2) is 12.4. The first-order valence-electron chi connectivity index (χ1n) is 12.5. The molecule has 0 saturated heterocycles. The van der Waals surface area contributed by atoms with Crippen molar-refractivity contribution in [1.29, 1.82) is 0 Å². The molecule has 0 heterocycles. The minimum atomic E-state index is -4.66. The first kappa shape index (κ1) is 24.7. The molecule has 2 aliphatic rings. The Morgan fingerprint density at radius 3 is 2.12 bits per heavy atom. The van der Waals surface area contributed by atoms with E-state index in [-0.39, 0.29) is 5.75 Å². The van der Waals surface area contributed by atoms with Crippen molar-refractivity contribution < 1.29 is 17.9 Å². The molecule has 0 N–H and O–H groups in total. The Morgan fingerprint density at radius 2 is 1.53 bits per heavy atom. The Bertz CT molecular complexity index is 753. The van der Waals surface area contributed by atoms with Crippen molar-refractivity contribution in [3.05, 3.63) is 42.0 Å². The van der Waals surface area contributed by atoms with Gasteiger partial charge in [0.25, 0.3) is 0 Å². The van der Waals surface area contributed by atoms with Crippen molar-refractivity contribution in [3.63, 3.8) is 0 Å². The molecule has 0 spiro atoms. The molecule has 4 heteroatoms. The van der Waals surface area contributed by atoms with E-state index in [4.69, 9.17) is 0 Å². The summed E-state index contributed by atoms with van der Waals surface area (Å²) >= 11 is 0. The lowest BCUT2D eigenvalue weighted by Crippen LogP contribution is -2.25. The van der Waals surface area contributed by atoms with E-state index in [0.29, 0.717) is 11.5 Å². The molecule has 0 radical (unpaired) electrons. The quantitative estimate of drug-likeness (QED) is 0.301. The summed E-state index contributed by atoms with van der Waals surface area (Å²) in [7, 11) is 0. The molecule has 32 heavy (non-hydrogen) atoms. The standard InChI is InChI=1S/C28H37F3O/c1-2-3-4-7-22-10-16-25(17-11-22)26-18-12-23(13-19-26)8-5-6-9-24-14-20-27(21-15-24)32-28(29,30)31/h5,8,14-15,20-23,25-26H,2-4,7,10-13,16-19H2,1H3/t22-,23-,25-,26-. The highest BCUT2D eigenvalue weighted by molar-refractivity contribution is 5.40. The predicted octanol–water partition coefficient (Wildman–Crippen LogP) is 8.69. The third-order valence-corrected chi connectivity index (χ3v) is 7.35. The minimum absolute atomic E-state index is 0.222. The minimum Gasteiger partial charge on any atom is -0.406 e. The van der Waals surface area contributed by atoms with Crippen LogP contribution in [0.15, 0.2) is 36.4 Å². The largest absolute Gasteiger partial charge is 0.573 e. The number of ether oxygens (including phenoxy) is 1. The van der Waals surface area contributed by atoms with Crippen molar-refractivity contribution >= 4 is 0 Å². The first-order valence-corrected chi connectivity index (χ1v) is 12.5. The number of unbranched alkanes of at least 4 members (excludes halogenated alkanes) is 2. The monoisotopic (exact) mass is 446 g/mol. The van der Waals surface area contributed by atoms with Gasteiger partial charge in [0.15, 0.2) is 0 Å². The summed E-state index contributed by atoms with van der Waals surface area (Å²) in [5.74, 6) is 9.25. The summed E-state index contributed by atoms with van der Waals surface area (Å²) in [6.45, 7) is 2.29. The fourth-order valence-electron chi connectivity index (χ4n) is 5.49. The van der Waals surface area contributed by atoms with Crippen LogP contribution in [0.4, 0.5) is 13.2 Å².